The number of halogens is 1. The van der Waals surface area contributed by atoms with E-state index in [0.717, 1.165) is 21.9 Å². The molecule has 0 amide bonds. The third-order valence-electron chi connectivity index (χ3n) is 3.62. The standard InChI is InChI=1S/C18H16FN/c1-12-6-9-17(19)16(10-12)18(20)15-8-7-13-4-2-3-5-14(13)11-15/h2-11,18H,20H2,1H3. The molecular weight excluding hydrogens is 249 g/mol. The number of hydrogen-bond acceptors (Lipinski definition) is 1. The molecule has 2 heteroatoms. The van der Waals surface area contributed by atoms with E-state index in [4.69, 9.17) is 5.73 Å². The normalized spacial score (nSPS) is 12.6. The highest BCUT2D eigenvalue weighted by Crippen LogP contribution is 2.26. The van der Waals surface area contributed by atoms with Crippen molar-refractivity contribution in [3.8, 4) is 0 Å². The smallest absolute Gasteiger partial charge is 0.128 e. The second kappa shape index (κ2) is 5.06. The summed E-state index contributed by atoms with van der Waals surface area (Å²) in [5, 5.41) is 2.28. The molecule has 3 rings (SSSR count). The van der Waals surface area contributed by atoms with Crippen LogP contribution in [0.25, 0.3) is 10.8 Å². The fourth-order valence-electron chi connectivity index (χ4n) is 2.48. The number of aryl methyl sites for hydroxylation is 1. The maximum absolute atomic E-state index is 13.9. The van der Waals surface area contributed by atoms with Gasteiger partial charge in [0.1, 0.15) is 5.82 Å². The van der Waals surface area contributed by atoms with Gasteiger partial charge in [-0.2, -0.15) is 0 Å². The Hall–Kier alpha value is -2.19. The zero-order chi connectivity index (χ0) is 14.1. The van der Waals surface area contributed by atoms with Crippen molar-refractivity contribution in [3.63, 3.8) is 0 Å². The lowest BCUT2D eigenvalue weighted by Gasteiger charge is -2.15. The van der Waals surface area contributed by atoms with Crippen LogP contribution in [0.15, 0.2) is 60.7 Å². The Balaban J connectivity index is 2.07. The first-order chi connectivity index (χ1) is 9.65. The highest BCUT2D eigenvalue weighted by atomic mass is 19.1. The molecule has 1 unspecified atom stereocenters. The van der Waals surface area contributed by atoms with Gasteiger partial charge >= 0.3 is 0 Å². The molecule has 0 aliphatic heterocycles. The summed E-state index contributed by atoms with van der Waals surface area (Å²) in [5.41, 5.74) is 8.71. The van der Waals surface area contributed by atoms with Crippen LogP contribution in [0.5, 0.6) is 0 Å². The van der Waals surface area contributed by atoms with Crippen LogP contribution in [0.1, 0.15) is 22.7 Å². The van der Waals surface area contributed by atoms with Gasteiger partial charge in [0.25, 0.3) is 0 Å². The first kappa shape index (κ1) is 12.8. The number of hydrogen-bond donors (Lipinski definition) is 1. The van der Waals surface area contributed by atoms with Gasteiger partial charge in [0, 0.05) is 5.56 Å². The van der Waals surface area contributed by atoms with E-state index in [-0.39, 0.29) is 5.82 Å². The van der Waals surface area contributed by atoms with Crippen LogP contribution >= 0.6 is 0 Å². The molecule has 0 saturated heterocycles. The zero-order valence-corrected chi connectivity index (χ0v) is 11.3. The van der Waals surface area contributed by atoms with Crippen LogP contribution in [0.2, 0.25) is 0 Å². The molecule has 3 aromatic carbocycles. The monoisotopic (exact) mass is 265 g/mol. The predicted octanol–water partition coefficient (Wildman–Crippen LogP) is 4.34. The van der Waals surface area contributed by atoms with Crippen LogP contribution in [0, 0.1) is 12.7 Å². The quantitative estimate of drug-likeness (QED) is 0.733. The maximum atomic E-state index is 13.9. The Morgan fingerprint density at radius 3 is 2.45 bits per heavy atom. The van der Waals surface area contributed by atoms with Crippen molar-refractivity contribution in [2.24, 2.45) is 5.73 Å². The van der Waals surface area contributed by atoms with Crippen LogP contribution < -0.4 is 5.73 Å². The van der Waals surface area contributed by atoms with Gasteiger partial charge in [0.05, 0.1) is 6.04 Å². The summed E-state index contributed by atoms with van der Waals surface area (Å²) in [4.78, 5) is 0. The van der Waals surface area contributed by atoms with E-state index in [0.29, 0.717) is 5.56 Å². The summed E-state index contributed by atoms with van der Waals surface area (Å²) in [5.74, 6) is -0.253. The lowest BCUT2D eigenvalue weighted by Crippen LogP contribution is -2.13. The predicted molar refractivity (Wildman–Crippen MR) is 81.1 cm³/mol. The van der Waals surface area contributed by atoms with Crippen molar-refractivity contribution in [1.29, 1.82) is 0 Å². The summed E-state index contributed by atoms with van der Waals surface area (Å²) < 4.78 is 13.9. The second-order valence-corrected chi connectivity index (χ2v) is 5.11. The molecule has 100 valence electrons. The van der Waals surface area contributed by atoms with Crippen molar-refractivity contribution >= 4 is 10.8 Å². The van der Waals surface area contributed by atoms with Gasteiger partial charge in [-0.25, -0.2) is 4.39 Å². The van der Waals surface area contributed by atoms with Crippen molar-refractivity contribution in [2.45, 2.75) is 13.0 Å². The van der Waals surface area contributed by atoms with Gasteiger partial charge in [0.15, 0.2) is 0 Å². The van der Waals surface area contributed by atoms with Crippen molar-refractivity contribution in [1.82, 2.24) is 0 Å². The van der Waals surface area contributed by atoms with Crippen LogP contribution in [0.4, 0.5) is 4.39 Å². The third-order valence-corrected chi connectivity index (χ3v) is 3.62. The van der Waals surface area contributed by atoms with E-state index in [1.165, 1.54) is 6.07 Å². The Labute approximate surface area is 117 Å². The van der Waals surface area contributed by atoms with E-state index in [2.05, 4.69) is 6.07 Å². The van der Waals surface area contributed by atoms with Gasteiger partial charge < -0.3 is 5.73 Å². The fraction of sp³-hybridized carbons (Fsp3) is 0.111. The fourth-order valence-corrected chi connectivity index (χ4v) is 2.48. The molecule has 0 bridgehead atoms. The van der Waals surface area contributed by atoms with Gasteiger partial charge in [-0.05, 0) is 35.4 Å². The topological polar surface area (TPSA) is 26.0 Å². The Morgan fingerprint density at radius 1 is 0.900 bits per heavy atom. The Kier molecular flexibility index (Phi) is 3.25. The molecule has 0 aliphatic rings. The molecule has 1 atom stereocenters. The van der Waals surface area contributed by atoms with E-state index in [1.54, 1.807) is 6.07 Å². The summed E-state index contributed by atoms with van der Waals surface area (Å²) in [6.45, 7) is 1.94. The van der Waals surface area contributed by atoms with Crippen LogP contribution in [0.3, 0.4) is 0 Å². The average Bonchev–Trinajstić information content (AvgIpc) is 2.48. The Morgan fingerprint density at radius 2 is 1.65 bits per heavy atom. The SMILES string of the molecule is Cc1ccc(F)c(C(N)c2ccc3ccccc3c2)c1. The second-order valence-electron chi connectivity index (χ2n) is 5.11. The van der Waals surface area contributed by atoms with E-state index in [9.17, 15) is 4.39 Å². The van der Waals surface area contributed by atoms with Gasteiger partial charge in [-0.3, -0.25) is 0 Å². The van der Waals surface area contributed by atoms with E-state index in [1.807, 2.05) is 49.4 Å². The minimum absolute atomic E-state index is 0.253. The van der Waals surface area contributed by atoms with Gasteiger partial charge in [-0.15, -0.1) is 0 Å². The first-order valence-corrected chi connectivity index (χ1v) is 6.65. The highest BCUT2D eigenvalue weighted by molar-refractivity contribution is 5.83. The Bertz CT molecular complexity index is 764. The molecule has 2 N–H and O–H groups in total. The molecule has 3 aromatic rings. The van der Waals surface area contributed by atoms with Gasteiger partial charge in [0.2, 0.25) is 0 Å². The van der Waals surface area contributed by atoms with E-state index < -0.39 is 6.04 Å². The summed E-state index contributed by atoms with van der Waals surface area (Å²) in [6.07, 6.45) is 0. The van der Waals surface area contributed by atoms with Gasteiger partial charge in [-0.1, -0.05) is 54.1 Å². The van der Waals surface area contributed by atoms with Crippen LogP contribution in [-0.4, -0.2) is 0 Å². The molecule has 0 heterocycles. The molecule has 0 fully saturated rings. The molecule has 1 nitrogen and oxygen atoms in total. The molecule has 0 radical (unpaired) electrons. The minimum Gasteiger partial charge on any atom is -0.320 e. The van der Waals surface area contributed by atoms with Crippen molar-refractivity contribution < 1.29 is 4.39 Å². The highest BCUT2D eigenvalue weighted by Gasteiger charge is 2.14. The molecule has 0 aliphatic carbocycles. The minimum atomic E-state index is -0.445. The number of nitrogens with two attached hydrogens (primary N) is 1. The zero-order valence-electron chi connectivity index (χ0n) is 11.3. The largest absolute Gasteiger partial charge is 0.320 e. The lowest BCUT2D eigenvalue weighted by molar-refractivity contribution is 0.599. The average molecular weight is 265 g/mol. The third kappa shape index (κ3) is 2.30. The summed E-state index contributed by atoms with van der Waals surface area (Å²) in [6, 6.07) is 18.7. The molecule has 20 heavy (non-hydrogen) atoms. The van der Waals surface area contributed by atoms with Crippen LogP contribution in [-0.2, 0) is 0 Å². The van der Waals surface area contributed by atoms with Crippen molar-refractivity contribution in [2.75, 3.05) is 0 Å². The lowest BCUT2D eigenvalue weighted by atomic mass is 9.95. The molecular formula is C18H16FN. The molecule has 0 spiro atoms. The number of fused-ring (bicyclic) bond motifs is 1. The number of rotatable bonds is 2. The van der Waals surface area contributed by atoms with E-state index >= 15 is 0 Å². The van der Waals surface area contributed by atoms with Crippen molar-refractivity contribution in [3.05, 3.63) is 83.2 Å². The summed E-state index contributed by atoms with van der Waals surface area (Å²) in [7, 11) is 0. The maximum Gasteiger partial charge on any atom is 0.128 e. The summed E-state index contributed by atoms with van der Waals surface area (Å²) >= 11 is 0. The molecule has 0 saturated carbocycles. The molecule has 0 aromatic heterocycles. The number of benzene rings is 3. The first-order valence-electron chi connectivity index (χ1n) is 6.65.